The lowest BCUT2D eigenvalue weighted by Crippen LogP contribution is -2.36. The van der Waals surface area contributed by atoms with Crippen molar-refractivity contribution in [3.05, 3.63) is 63.8 Å². The molecule has 2 aromatic rings. The van der Waals surface area contributed by atoms with Gasteiger partial charge in [0.05, 0.1) is 13.0 Å². The van der Waals surface area contributed by atoms with E-state index < -0.39 is 17.3 Å². The summed E-state index contributed by atoms with van der Waals surface area (Å²) < 4.78 is 19.2. The van der Waals surface area contributed by atoms with Crippen molar-refractivity contribution in [2.75, 3.05) is 20.2 Å². The predicted molar refractivity (Wildman–Crippen MR) is 92.8 cm³/mol. The molecule has 1 atom stereocenters. The van der Waals surface area contributed by atoms with Crippen LogP contribution in [0.15, 0.2) is 41.3 Å². The minimum atomic E-state index is -0.469. The van der Waals surface area contributed by atoms with Gasteiger partial charge in [0, 0.05) is 25.0 Å². The van der Waals surface area contributed by atoms with Crippen LogP contribution in [0.25, 0.3) is 5.69 Å². The molecule has 1 amide bonds. The zero-order chi connectivity index (χ0) is 18.8. The van der Waals surface area contributed by atoms with Crippen LogP contribution in [0.2, 0.25) is 0 Å². The van der Waals surface area contributed by atoms with E-state index in [2.05, 4.69) is 0 Å². The van der Waals surface area contributed by atoms with Gasteiger partial charge in [-0.15, -0.1) is 0 Å². The van der Waals surface area contributed by atoms with Crippen molar-refractivity contribution < 1.29 is 18.7 Å². The molecule has 1 aliphatic heterocycles. The Labute approximate surface area is 149 Å². The summed E-state index contributed by atoms with van der Waals surface area (Å²) in [5.74, 6) is -1.53. The zero-order valence-corrected chi connectivity index (χ0v) is 14.6. The Morgan fingerprint density at radius 2 is 1.88 bits per heavy atom. The van der Waals surface area contributed by atoms with Crippen LogP contribution in [0.1, 0.15) is 22.3 Å². The van der Waals surface area contributed by atoms with Gasteiger partial charge in [-0.25, -0.2) is 4.39 Å². The number of pyridine rings is 1. The Bertz CT molecular complexity index is 905. The van der Waals surface area contributed by atoms with Crippen molar-refractivity contribution in [3.63, 3.8) is 0 Å². The topological polar surface area (TPSA) is 68.6 Å². The standard InChI is InChI=1S/C19H19FN2O4/c1-12-7-10-22(15-5-3-14(20)4-6-15)18(24)16(12)17(23)21-9-8-13(11-21)19(25)26-2/h3-7,10,13H,8-9,11H2,1-2H3. The quantitative estimate of drug-likeness (QED) is 0.786. The van der Waals surface area contributed by atoms with Crippen LogP contribution < -0.4 is 5.56 Å². The van der Waals surface area contributed by atoms with E-state index in [4.69, 9.17) is 4.74 Å². The average Bonchev–Trinajstić information content (AvgIpc) is 3.12. The largest absolute Gasteiger partial charge is 0.469 e. The second kappa shape index (κ2) is 7.11. The van der Waals surface area contributed by atoms with Gasteiger partial charge in [-0.05, 0) is 49.2 Å². The highest BCUT2D eigenvalue weighted by molar-refractivity contribution is 5.96. The van der Waals surface area contributed by atoms with Crippen molar-refractivity contribution in [2.24, 2.45) is 5.92 Å². The number of methoxy groups -OCH3 is 1. The summed E-state index contributed by atoms with van der Waals surface area (Å²) in [5, 5.41) is 0. The van der Waals surface area contributed by atoms with E-state index >= 15 is 0 Å². The monoisotopic (exact) mass is 358 g/mol. The molecule has 0 spiro atoms. The molecule has 1 unspecified atom stereocenters. The SMILES string of the molecule is COC(=O)C1CCN(C(=O)c2c(C)ccn(-c3ccc(F)cc3)c2=O)C1. The Morgan fingerprint density at radius 3 is 2.54 bits per heavy atom. The van der Waals surface area contributed by atoms with Crippen LogP contribution in [-0.4, -0.2) is 41.5 Å². The first-order valence-corrected chi connectivity index (χ1v) is 8.27. The number of likely N-dealkylation sites (tertiary alicyclic amines) is 1. The van der Waals surface area contributed by atoms with Gasteiger partial charge < -0.3 is 9.64 Å². The second-order valence-corrected chi connectivity index (χ2v) is 6.29. The number of carbonyl (C=O) groups is 2. The number of halogens is 1. The Hall–Kier alpha value is -2.96. The number of aromatic nitrogens is 1. The number of esters is 1. The number of amides is 1. The van der Waals surface area contributed by atoms with E-state index in [0.29, 0.717) is 24.2 Å². The first-order chi connectivity index (χ1) is 12.4. The summed E-state index contributed by atoms with van der Waals surface area (Å²) in [6.07, 6.45) is 2.07. The summed E-state index contributed by atoms with van der Waals surface area (Å²) >= 11 is 0. The van der Waals surface area contributed by atoms with E-state index in [0.717, 1.165) is 0 Å². The summed E-state index contributed by atoms with van der Waals surface area (Å²) in [4.78, 5) is 38.9. The third kappa shape index (κ3) is 3.24. The van der Waals surface area contributed by atoms with Gasteiger partial charge in [0.2, 0.25) is 0 Å². The lowest BCUT2D eigenvalue weighted by Gasteiger charge is -2.18. The third-order valence-electron chi connectivity index (χ3n) is 4.63. The van der Waals surface area contributed by atoms with E-state index in [9.17, 15) is 18.8 Å². The highest BCUT2D eigenvalue weighted by atomic mass is 19.1. The third-order valence-corrected chi connectivity index (χ3v) is 4.63. The summed E-state index contributed by atoms with van der Waals surface area (Å²) in [6, 6.07) is 7.13. The molecule has 7 heteroatoms. The van der Waals surface area contributed by atoms with Gasteiger partial charge in [0.15, 0.2) is 0 Å². The number of hydrogen-bond donors (Lipinski definition) is 0. The van der Waals surface area contributed by atoms with Gasteiger partial charge >= 0.3 is 5.97 Å². The Balaban J connectivity index is 1.94. The Morgan fingerprint density at radius 1 is 1.19 bits per heavy atom. The van der Waals surface area contributed by atoms with Gasteiger partial charge in [0.25, 0.3) is 11.5 Å². The lowest BCUT2D eigenvalue weighted by atomic mass is 10.1. The van der Waals surface area contributed by atoms with Gasteiger partial charge in [-0.1, -0.05) is 0 Å². The molecule has 0 radical (unpaired) electrons. The minimum Gasteiger partial charge on any atom is -0.469 e. The van der Waals surface area contributed by atoms with E-state index in [1.165, 1.54) is 40.8 Å². The van der Waals surface area contributed by atoms with E-state index in [1.807, 2.05) is 0 Å². The molecule has 3 rings (SSSR count). The fourth-order valence-electron chi connectivity index (χ4n) is 3.15. The number of hydrogen-bond acceptors (Lipinski definition) is 4. The molecular formula is C19H19FN2O4. The minimum absolute atomic E-state index is 0.0577. The fourth-order valence-corrected chi connectivity index (χ4v) is 3.15. The maximum atomic E-state index is 13.1. The molecule has 2 heterocycles. The van der Waals surface area contributed by atoms with Gasteiger partial charge in [-0.3, -0.25) is 19.0 Å². The van der Waals surface area contributed by atoms with Crippen molar-refractivity contribution >= 4 is 11.9 Å². The number of nitrogens with zero attached hydrogens (tertiary/aromatic N) is 2. The molecule has 0 aliphatic carbocycles. The predicted octanol–water partition coefficient (Wildman–Crippen LogP) is 1.92. The first kappa shape index (κ1) is 17.8. The number of carbonyl (C=O) groups excluding carboxylic acids is 2. The van der Waals surface area contributed by atoms with Crippen molar-refractivity contribution in [2.45, 2.75) is 13.3 Å². The average molecular weight is 358 g/mol. The maximum Gasteiger partial charge on any atom is 0.310 e. The normalized spacial score (nSPS) is 16.6. The van der Waals surface area contributed by atoms with Crippen LogP contribution in [0.5, 0.6) is 0 Å². The molecule has 1 aliphatic rings. The number of ether oxygens (including phenoxy) is 1. The maximum absolute atomic E-state index is 13.1. The van der Waals surface area contributed by atoms with Crippen LogP contribution in [-0.2, 0) is 9.53 Å². The molecule has 0 bridgehead atoms. The summed E-state index contributed by atoms with van der Waals surface area (Å²) in [5.41, 5.74) is 0.615. The van der Waals surface area contributed by atoms with Crippen molar-refractivity contribution in [1.29, 1.82) is 0 Å². The van der Waals surface area contributed by atoms with Gasteiger partial charge in [-0.2, -0.15) is 0 Å². The first-order valence-electron chi connectivity index (χ1n) is 8.27. The lowest BCUT2D eigenvalue weighted by molar-refractivity contribution is -0.144. The number of aryl methyl sites for hydroxylation is 1. The summed E-state index contributed by atoms with van der Waals surface area (Å²) in [6.45, 7) is 2.32. The molecule has 1 saturated heterocycles. The van der Waals surface area contributed by atoms with Crippen LogP contribution in [0.3, 0.4) is 0 Å². The Kier molecular flexibility index (Phi) is 4.88. The molecule has 1 fully saturated rings. The molecule has 0 saturated carbocycles. The van der Waals surface area contributed by atoms with Crippen molar-refractivity contribution in [3.8, 4) is 5.69 Å². The van der Waals surface area contributed by atoms with Crippen LogP contribution >= 0.6 is 0 Å². The molecule has 1 aromatic heterocycles. The molecule has 1 aromatic carbocycles. The number of rotatable bonds is 3. The van der Waals surface area contributed by atoms with E-state index in [-0.39, 0.29) is 24.0 Å². The zero-order valence-electron chi connectivity index (χ0n) is 14.6. The second-order valence-electron chi connectivity index (χ2n) is 6.29. The van der Waals surface area contributed by atoms with Gasteiger partial charge in [0.1, 0.15) is 11.4 Å². The fraction of sp³-hybridized carbons (Fsp3) is 0.316. The van der Waals surface area contributed by atoms with Crippen LogP contribution in [0, 0.1) is 18.7 Å². The highest BCUT2D eigenvalue weighted by Gasteiger charge is 2.33. The molecule has 6 nitrogen and oxygen atoms in total. The van der Waals surface area contributed by atoms with E-state index in [1.54, 1.807) is 19.2 Å². The summed E-state index contributed by atoms with van der Waals surface area (Å²) in [7, 11) is 1.31. The highest BCUT2D eigenvalue weighted by Crippen LogP contribution is 2.20. The molecule has 26 heavy (non-hydrogen) atoms. The van der Waals surface area contributed by atoms with Crippen molar-refractivity contribution in [1.82, 2.24) is 9.47 Å². The molecule has 136 valence electrons. The molecular weight excluding hydrogens is 339 g/mol. The molecule has 0 N–H and O–H groups in total. The smallest absolute Gasteiger partial charge is 0.310 e. The number of benzene rings is 1. The van der Waals surface area contributed by atoms with Crippen LogP contribution in [0.4, 0.5) is 4.39 Å².